The number of H-pyrrole nitrogens is 2. The minimum Gasteiger partial charge on any atom is -0.398 e. The number of nitrogens with two attached hydrogens (primary N) is 1. The minimum atomic E-state index is -0.344. The van der Waals surface area contributed by atoms with Gasteiger partial charge < -0.3 is 5.73 Å². The summed E-state index contributed by atoms with van der Waals surface area (Å²) in [5.41, 5.74) is 7.40. The molecular weight excluding hydrogens is 230 g/mol. The molecule has 96 valence electrons. The first-order valence-corrected chi connectivity index (χ1v) is 6.08. The van der Waals surface area contributed by atoms with Crippen LogP contribution in [0, 0.1) is 6.92 Å². The molecule has 0 spiro atoms. The zero-order chi connectivity index (χ0) is 13.3. The van der Waals surface area contributed by atoms with Gasteiger partial charge in [-0.2, -0.15) is 0 Å². The Morgan fingerprint density at radius 1 is 1.17 bits per heavy atom. The Morgan fingerprint density at radius 3 is 2.39 bits per heavy atom. The summed E-state index contributed by atoms with van der Waals surface area (Å²) in [5, 5.41) is 5.41. The molecule has 0 saturated heterocycles. The molecule has 2 rings (SSSR count). The van der Waals surface area contributed by atoms with Gasteiger partial charge in [0.15, 0.2) is 0 Å². The molecule has 0 fully saturated rings. The van der Waals surface area contributed by atoms with Crippen molar-refractivity contribution in [3.63, 3.8) is 0 Å². The van der Waals surface area contributed by atoms with Gasteiger partial charge in [0.05, 0.1) is 10.8 Å². The summed E-state index contributed by atoms with van der Waals surface area (Å²) < 4.78 is 0. The third kappa shape index (κ3) is 1.92. The summed E-state index contributed by atoms with van der Waals surface area (Å²) in [4.78, 5) is 23.7. The second-order valence-corrected chi connectivity index (χ2v) is 4.53. The fraction of sp³-hybridized carbons (Fsp3) is 0.385. The van der Waals surface area contributed by atoms with Crippen LogP contribution >= 0.6 is 0 Å². The van der Waals surface area contributed by atoms with Crippen LogP contribution in [0.15, 0.2) is 15.7 Å². The molecule has 0 aliphatic carbocycles. The molecule has 2 aromatic rings. The summed E-state index contributed by atoms with van der Waals surface area (Å²) in [6.07, 6.45) is 2.79. The number of nitrogen functional groups attached to an aromatic ring is 1. The van der Waals surface area contributed by atoms with Gasteiger partial charge in [0.25, 0.3) is 11.1 Å². The number of aromatic amines is 2. The SMILES string of the molecule is CCCCc1cc(C)c(N)c2c(=O)[nH][nH]c(=O)c12. The fourth-order valence-electron chi connectivity index (χ4n) is 2.20. The van der Waals surface area contributed by atoms with Crippen molar-refractivity contribution in [3.05, 3.63) is 37.9 Å². The van der Waals surface area contributed by atoms with Crippen molar-refractivity contribution in [1.82, 2.24) is 10.2 Å². The van der Waals surface area contributed by atoms with Gasteiger partial charge in [0.1, 0.15) is 0 Å². The highest BCUT2D eigenvalue weighted by Crippen LogP contribution is 2.23. The Bertz CT molecular complexity index is 698. The van der Waals surface area contributed by atoms with Crippen LogP contribution < -0.4 is 16.9 Å². The normalized spacial score (nSPS) is 11.0. The standard InChI is InChI=1S/C13H17N3O2/c1-3-4-5-8-6-7(2)11(14)10-9(8)12(17)15-16-13(10)18/h6H,3-5,14H2,1-2H3,(H,15,17)(H,16,18). The number of aryl methyl sites for hydroxylation is 2. The number of rotatable bonds is 3. The molecule has 0 atom stereocenters. The number of anilines is 1. The monoisotopic (exact) mass is 247 g/mol. The predicted octanol–water partition coefficient (Wildman–Crippen LogP) is 1.45. The summed E-state index contributed by atoms with van der Waals surface area (Å²) in [6, 6.07) is 1.90. The molecule has 0 aliphatic heterocycles. The molecule has 4 N–H and O–H groups in total. The van der Waals surface area contributed by atoms with E-state index in [-0.39, 0.29) is 11.1 Å². The number of hydrogen-bond acceptors (Lipinski definition) is 3. The van der Waals surface area contributed by atoms with Gasteiger partial charge in [-0.3, -0.25) is 19.8 Å². The molecule has 1 heterocycles. The van der Waals surface area contributed by atoms with Crippen LogP contribution in [-0.2, 0) is 6.42 Å². The molecule has 1 aromatic heterocycles. The fourth-order valence-corrected chi connectivity index (χ4v) is 2.20. The lowest BCUT2D eigenvalue weighted by atomic mass is 9.98. The molecule has 0 unspecified atom stereocenters. The zero-order valence-electron chi connectivity index (χ0n) is 10.6. The first kappa shape index (κ1) is 12.4. The van der Waals surface area contributed by atoms with Crippen molar-refractivity contribution in [1.29, 1.82) is 0 Å². The summed E-state index contributed by atoms with van der Waals surface area (Å²) in [5.74, 6) is 0. The lowest BCUT2D eigenvalue weighted by molar-refractivity contribution is 0.797. The van der Waals surface area contributed by atoms with Crippen LogP contribution in [0.5, 0.6) is 0 Å². The van der Waals surface area contributed by atoms with Gasteiger partial charge in [0, 0.05) is 5.69 Å². The van der Waals surface area contributed by atoms with E-state index in [9.17, 15) is 9.59 Å². The Hall–Kier alpha value is -2.04. The summed E-state index contributed by atoms with van der Waals surface area (Å²) >= 11 is 0. The van der Waals surface area contributed by atoms with Crippen molar-refractivity contribution >= 4 is 16.5 Å². The Balaban J connectivity index is 2.87. The first-order chi connectivity index (χ1) is 8.56. The molecule has 18 heavy (non-hydrogen) atoms. The zero-order valence-corrected chi connectivity index (χ0v) is 10.6. The number of nitrogens with one attached hydrogen (secondary N) is 2. The van der Waals surface area contributed by atoms with Crippen LogP contribution in [0.2, 0.25) is 0 Å². The minimum absolute atomic E-state index is 0.289. The van der Waals surface area contributed by atoms with Gasteiger partial charge in [-0.1, -0.05) is 19.4 Å². The van der Waals surface area contributed by atoms with E-state index in [1.54, 1.807) is 0 Å². The van der Waals surface area contributed by atoms with Crippen LogP contribution in [0.3, 0.4) is 0 Å². The summed E-state index contributed by atoms with van der Waals surface area (Å²) in [6.45, 7) is 3.94. The van der Waals surface area contributed by atoms with Gasteiger partial charge in [-0.05, 0) is 30.9 Å². The maximum absolute atomic E-state index is 11.9. The Morgan fingerprint density at radius 2 is 1.78 bits per heavy atom. The molecule has 1 aromatic carbocycles. The predicted molar refractivity (Wildman–Crippen MR) is 73.0 cm³/mol. The van der Waals surface area contributed by atoms with Crippen LogP contribution in [0.4, 0.5) is 5.69 Å². The molecule has 0 aliphatic rings. The maximum atomic E-state index is 11.9. The number of hydrogen-bond donors (Lipinski definition) is 3. The van der Waals surface area contributed by atoms with Crippen LogP contribution in [0.1, 0.15) is 30.9 Å². The smallest absolute Gasteiger partial charge is 0.272 e. The average Bonchev–Trinajstić information content (AvgIpc) is 2.35. The van der Waals surface area contributed by atoms with E-state index in [2.05, 4.69) is 17.1 Å². The molecule has 0 amide bonds. The largest absolute Gasteiger partial charge is 0.398 e. The quantitative estimate of drug-likeness (QED) is 0.717. The van der Waals surface area contributed by atoms with E-state index in [1.807, 2.05) is 13.0 Å². The highest BCUT2D eigenvalue weighted by molar-refractivity contribution is 5.95. The maximum Gasteiger partial charge on any atom is 0.272 e. The van der Waals surface area contributed by atoms with Crippen molar-refractivity contribution in [2.45, 2.75) is 33.1 Å². The molecule has 0 bridgehead atoms. The second kappa shape index (κ2) is 4.68. The Labute approximate surface area is 104 Å². The number of unbranched alkanes of at least 4 members (excludes halogenated alkanes) is 1. The molecule has 0 radical (unpaired) electrons. The van der Waals surface area contributed by atoms with E-state index in [1.165, 1.54) is 0 Å². The lowest BCUT2D eigenvalue weighted by Crippen LogP contribution is -2.21. The van der Waals surface area contributed by atoms with E-state index < -0.39 is 0 Å². The van der Waals surface area contributed by atoms with Crippen molar-refractivity contribution in [2.75, 3.05) is 5.73 Å². The van der Waals surface area contributed by atoms with Gasteiger partial charge in [-0.15, -0.1) is 0 Å². The third-order valence-corrected chi connectivity index (χ3v) is 3.20. The van der Waals surface area contributed by atoms with Crippen LogP contribution in [0.25, 0.3) is 10.8 Å². The van der Waals surface area contributed by atoms with Gasteiger partial charge >= 0.3 is 0 Å². The van der Waals surface area contributed by atoms with Crippen molar-refractivity contribution < 1.29 is 0 Å². The highest BCUT2D eigenvalue weighted by Gasteiger charge is 2.13. The number of fused-ring (bicyclic) bond motifs is 1. The molecule has 0 saturated carbocycles. The third-order valence-electron chi connectivity index (χ3n) is 3.20. The highest BCUT2D eigenvalue weighted by atomic mass is 16.1. The summed E-state index contributed by atoms with van der Waals surface area (Å²) in [7, 11) is 0. The number of benzene rings is 1. The second-order valence-electron chi connectivity index (χ2n) is 4.53. The van der Waals surface area contributed by atoms with E-state index in [0.717, 1.165) is 30.4 Å². The van der Waals surface area contributed by atoms with E-state index >= 15 is 0 Å². The molecule has 5 nitrogen and oxygen atoms in total. The Kier molecular flexibility index (Phi) is 3.23. The van der Waals surface area contributed by atoms with E-state index in [4.69, 9.17) is 5.73 Å². The van der Waals surface area contributed by atoms with Crippen molar-refractivity contribution in [3.8, 4) is 0 Å². The van der Waals surface area contributed by atoms with Gasteiger partial charge in [0.2, 0.25) is 0 Å². The number of aromatic nitrogens is 2. The first-order valence-electron chi connectivity index (χ1n) is 6.08. The van der Waals surface area contributed by atoms with Crippen LogP contribution in [-0.4, -0.2) is 10.2 Å². The van der Waals surface area contributed by atoms with E-state index in [0.29, 0.717) is 16.5 Å². The van der Waals surface area contributed by atoms with Crippen molar-refractivity contribution in [2.24, 2.45) is 0 Å². The molecular formula is C13H17N3O2. The molecule has 5 heteroatoms. The average molecular weight is 247 g/mol. The lowest BCUT2D eigenvalue weighted by Gasteiger charge is -2.09. The van der Waals surface area contributed by atoms with Gasteiger partial charge in [-0.25, -0.2) is 0 Å². The topological polar surface area (TPSA) is 91.7 Å².